The maximum Gasteiger partial charge on any atom is 0.230 e. The largest absolute Gasteiger partial charge is 0.349 e. The van der Waals surface area contributed by atoms with E-state index in [0.29, 0.717) is 5.75 Å². The smallest absolute Gasteiger partial charge is 0.230 e. The number of aryl methyl sites for hydroxylation is 1. The van der Waals surface area contributed by atoms with Crippen LogP contribution >= 0.6 is 11.8 Å². The van der Waals surface area contributed by atoms with Crippen LogP contribution < -0.4 is 5.32 Å². The molecule has 1 heterocycles. The number of nitrogens with zero attached hydrogens (tertiary/aromatic N) is 3. The van der Waals surface area contributed by atoms with Gasteiger partial charge in [-0.1, -0.05) is 78.8 Å². The molecule has 0 aliphatic rings. The van der Waals surface area contributed by atoms with Crippen LogP contribution in [-0.4, -0.2) is 26.4 Å². The number of carbonyl (C=O) groups excluding carboxylic acids is 1. The number of carbonyl (C=O) groups is 1. The number of rotatable bonds is 8. The lowest BCUT2D eigenvalue weighted by molar-refractivity contribution is -0.119. The Balaban J connectivity index is 1.64. The van der Waals surface area contributed by atoms with Gasteiger partial charge in [-0.05, 0) is 25.8 Å². The number of benzene rings is 2. The van der Waals surface area contributed by atoms with Crippen molar-refractivity contribution in [3.63, 3.8) is 0 Å². The maximum absolute atomic E-state index is 12.5. The Labute approximate surface area is 170 Å². The highest BCUT2D eigenvalue weighted by atomic mass is 32.2. The van der Waals surface area contributed by atoms with Gasteiger partial charge in [0.2, 0.25) is 5.91 Å². The number of hydrogen-bond acceptors (Lipinski definition) is 4. The fourth-order valence-corrected chi connectivity index (χ4v) is 3.88. The molecule has 0 aliphatic heterocycles. The van der Waals surface area contributed by atoms with Gasteiger partial charge in [0.05, 0.1) is 11.8 Å². The molecule has 0 fully saturated rings. The Kier molecular flexibility index (Phi) is 6.87. The van der Waals surface area contributed by atoms with E-state index < -0.39 is 0 Å². The zero-order chi connectivity index (χ0) is 19.9. The standard InChI is InChI=1S/C22H26N4OS/c1-4-19(17-13-11-16(3)12-14-17)23-20(27)15-28-22-25-24-21(26(22)5-2)18-9-7-6-8-10-18/h6-14,19H,4-5,15H2,1-3H3,(H,23,27)/t19-/m1/s1. The molecule has 0 bridgehead atoms. The number of amides is 1. The summed E-state index contributed by atoms with van der Waals surface area (Å²) < 4.78 is 2.05. The summed E-state index contributed by atoms with van der Waals surface area (Å²) >= 11 is 1.42. The molecule has 1 aromatic heterocycles. The van der Waals surface area contributed by atoms with E-state index >= 15 is 0 Å². The van der Waals surface area contributed by atoms with Crippen molar-refractivity contribution in [2.75, 3.05) is 5.75 Å². The fourth-order valence-electron chi connectivity index (χ4n) is 3.07. The molecule has 1 atom stereocenters. The molecule has 1 amide bonds. The normalized spacial score (nSPS) is 12.0. The van der Waals surface area contributed by atoms with Gasteiger partial charge in [-0.3, -0.25) is 4.79 Å². The Morgan fingerprint density at radius 2 is 1.79 bits per heavy atom. The van der Waals surface area contributed by atoms with Crippen LogP contribution in [0.3, 0.4) is 0 Å². The summed E-state index contributed by atoms with van der Waals surface area (Å²) in [6.07, 6.45) is 0.850. The van der Waals surface area contributed by atoms with Crippen LogP contribution in [0.5, 0.6) is 0 Å². The minimum Gasteiger partial charge on any atom is -0.349 e. The van der Waals surface area contributed by atoms with Gasteiger partial charge in [0, 0.05) is 12.1 Å². The lowest BCUT2D eigenvalue weighted by Crippen LogP contribution is -2.29. The third kappa shape index (κ3) is 4.81. The van der Waals surface area contributed by atoms with Gasteiger partial charge >= 0.3 is 0 Å². The van der Waals surface area contributed by atoms with E-state index in [1.54, 1.807) is 0 Å². The average molecular weight is 395 g/mol. The SMILES string of the molecule is CC[C@@H](NC(=O)CSc1nnc(-c2ccccc2)n1CC)c1ccc(C)cc1. The third-order valence-corrected chi connectivity index (χ3v) is 5.59. The Bertz CT molecular complexity index is 906. The molecular formula is C22H26N4OS. The van der Waals surface area contributed by atoms with Gasteiger partial charge in [0.25, 0.3) is 0 Å². The summed E-state index contributed by atoms with van der Waals surface area (Å²) in [5, 5.41) is 12.5. The summed E-state index contributed by atoms with van der Waals surface area (Å²) in [6, 6.07) is 18.3. The van der Waals surface area contributed by atoms with Crippen LogP contribution in [0.2, 0.25) is 0 Å². The van der Waals surface area contributed by atoms with Gasteiger partial charge < -0.3 is 9.88 Å². The van der Waals surface area contributed by atoms with Crippen molar-refractivity contribution in [2.24, 2.45) is 0 Å². The van der Waals surface area contributed by atoms with E-state index in [9.17, 15) is 4.79 Å². The summed E-state index contributed by atoms with van der Waals surface area (Å²) in [6.45, 7) is 6.96. The third-order valence-electron chi connectivity index (χ3n) is 4.62. The Morgan fingerprint density at radius 1 is 1.07 bits per heavy atom. The second-order valence-electron chi connectivity index (χ2n) is 6.64. The van der Waals surface area contributed by atoms with Gasteiger partial charge in [0.1, 0.15) is 0 Å². The lowest BCUT2D eigenvalue weighted by atomic mass is 10.0. The van der Waals surface area contributed by atoms with Crippen LogP contribution in [0.1, 0.15) is 37.4 Å². The molecule has 28 heavy (non-hydrogen) atoms. The molecule has 0 radical (unpaired) electrons. The molecule has 0 saturated heterocycles. The average Bonchev–Trinajstić information content (AvgIpc) is 3.15. The Morgan fingerprint density at radius 3 is 2.43 bits per heavy atom. The van der Waals surface area contributed by atoms with Crippen LogP contribution in [0.4, 0.5) is 0 Å². The van der Waals surface area contributed by atoms with Crippen molar-refractivity contribution < 1.29 is 4.79 Å². The van der Waals surface area contributed by atoms with Gasteiger partial charge in [-0.25, -0.2) is 0 Å². The molecule has 2 aromatic carbocycles. The van der Waals surface area contributed by atoms with Crippen LogP contribution in [0.15, 0.2) is 59.8 Å². The molecular weight excluding hydrogens is 368 g/mol. The van der Waals surface area contributed by atoms with Crippen molar-refractivity contribution in [2.45, 2.75) is 44.9 Å². The summed E-state index contributed by atoms with van der Waals surface area (Å²) in [5.74, 6) is 1.15. The zero-order valence-electron chi connectivity index (χ0n) is 16.6. The maximum atomic E-state index is 12.5. The van der Waals surface area contributed by atoms with E-state index in [-0.39, 0.29) is 11.9 Å². The monoisotopic (exact) mass is 394 g/mol. The molecule has 3 rings (SSSR count). The highest BCUT2D eigenvalue weighted by Gasteiger charge is 2.16. The first-order chi connectivity index (χ1) is 13.6. The van der Waals surface area contributed by atoms with Crippen LogP contribution in [0, 0.1) is 6.92 Å². The number of aromatic nitrogens is 3. The zero-order valence-corrected chi connectivity index (χ0v) is 17.4. The number of nitrogens with one attached hydrogen (secondary N) is 1. The minimum absolute atomic E-state index is 0.00402. The molecule has 0 unspecified atom stereocenters. The highest BCUT2D eigenvalue weighted by molar-refractivity contribution is 7.99. The van der Waals surface area contributed by atoms with Crippen molar-refractivity contribution in [1.29, 1.82) is 0 Å². The van der Waals surface area contributed by atoms with Gasteiger partial charge in [-0.2, -0.15) is 0 Å². The highest BCUT2D eigenvalue weighted by Crippen LogP contribution is 2.24. The molecule has 0 spiro atoms. The second kappa shape index (κ2) is 9.55. The van der Waals surface area contributed by atoms with Gasteiger partial charge in [-0.15, -0.1) is 10.2 Å². The number of thioether (sulfide) groups is 1. The predicted octanol–water partition coefficient (Wildman–Crippen LogP) is 4.63. The Hall–Kier alpha value is -2.60. The fraction of sp³-hybridized carbons (Fsp3) is 0.318. The van der Waals surface area contributed by atoms with E-state index in [1.165, 1.54) is 17.3 Å². The van der Waals surface area contributed by atoms with Crippen molar-refractivity contribution in [3.05, 3.63) is 65.7 Å². The van der Waals surface area contributed by atoms with Crippen molar-refractivity contribution in [3.8, 4) is 11.4 Å². The van der Waals surface area contributed by atoms with E-state index in [4.69, 9.17) is 0 Å². The first kappa shape index (κ1) is 20.1. The quantitative estimate of drug-likeness (QED) is 0.566. The molecule has 0 saturated carbocycles. The molecule has 6 heteroatoms. The molecule has 0 aliphatic carbocycles. The number of hydrogen-bond donors (Lipinski definition) is 1. The summed E-state index contributed by atoms with van der Waals surface area (Å²) in [5.41, 5.74) is 3.38. The minimum atomic E-state index is 0.00402. The molecule has 3 aromatic rings. The van der Waals surface area contributed by atoms with Crippen molar-refractivity contribution in [1.82, 2.24) is 20.1 Å². The topological polar surface area (TPSA) is 59.8 Å². The van der Waals surface area contributed by atoms with Crippen LogP contribution in [-0.2, 0) is 11.3 Å². The molecule has 146 valence electrons. The first-order valence-electron chi connectivity index (χ1n) is 9.59. The summed E-state index contributed by atoms with van der Waals surface area (Å²) in [4.78, 5) is 12.5. The molecule has 1 N–H and O–H groups in total. The van der Waals surface area contributed by atoms with Crippen LogP contribution in [0.25, 0.3) is 11.4 Å². The van der Waals surface area contributed by atoms with E-state index in [1.807, 2.05) is 34.9 Å². The van der Waals surface area contributed by atoms with E-state index in [0.717, 1.165) is 35.1 Å². The first-order valence-corrected chi connectivity index (χ1v) is 10.6. The van der Waals surface area contributed by atoms with Gasteiger partial charge in [0.15, 0.2) is 11.0 Å². The van der Waals surface area contributed by atoms with Crippen molar-refractivity contribution >= 4 is 17.7 Å². The van der Waals surface area contributed by atoms with E-state index in [2.05, 4.69) is 60.6 Å². The second-order valence-corrected chi connectivity index (χ2v) is 7.59. The summed E-state index contributed by atoms with van der Waals surface area (Å²) in [7, 11) is 0. The lowest BCUT2D eigenvalue weighted by Gasteiger charge is -2.17. The molecule has 5 nitrogen and oxygen atoms in total. The predicted molar refractivity (Wildman–Crippen MR) is 114 cm³/mol.